The van der Waals surface area contributed by atoms with Crippen LogP contribution in [-0.4, -0.2) is 5.21 Å². The van der Waals surface area contributed by atoms with Gasteiger partial charge in [0.1, 0.15) is 0 Å². The van der Waals surface area contributed by atoms with Crippen LogP contribution in [0.4, 0.5) is 5.69 Å². The first-order valence-corrected chi connectivity index (χ1v) is 5.65. The third-order valence-electron chi connectivity index (χ3n) is 2.63. The van der Waals surface area contributed by atoms with Crippen molar-refractivity contribution in [3.05, 3.63) is 70.9 Å². The number of benzene rings is 2. The van der Waals surface area contributed by atoms with E-state index in [-0.39, 0.29) is 10.9 Å². The van der Waals surface area contributed by atoms with Crippen molar-refractivity contribution in [2.75, 3.05) is 5.23 Å². The van der Waals surface area contributed by atoms with Crippen molar-refractivity contribution in [3.63, 3.8) is 0 Å². The number of para-hydroxylation sites is 1. The van der Waals surface area contributed by atoms with Crippen LogP contribution >= 0.6 is 0 Å². The third-order valence-corrected chi connectivity index (χ3v) is 2.63. The monoisotopic (exact) mass is 251 g/mol. The number of hydrogen-bond donors (Lipinski definition) is 1. The Morgan fingerprint density at radius 3 is 2.37 bits per heavy atom. The Balaban J connectivity index is 2.50. The Kier molecular flexibility index (Phi) is 3.94. The number of hydrogen-bond acceptors (Lipinski definition) is 4. The molecule has 4 heteroatoms. The van der Waals surface area contributed by atoms with E-state index < -0.39 is 0 Å². The quantitative estimate of drug-likeness (QED) is 0.515. The molecule has 0 atom stereocenters. The molecule has 0 heterocycles. The number of rotatable bonds is 3. The van der Waals surface area contributed by atoms with Crippen molar-refractivity contribution in [1.82, 2.24) is 0 Å². The van der Waals surface area contributed by atoms with Gasteiger partial charge in [-0.25, -0.2) is 0 Å². The van der Waals surface area contributed by atoms with Crippen molar-refractivity contribution >= 4 is 17.3 Å². The maximum Gasteiger partial charge on any atom is 0.0998 e. The van der Waals surface area contributed by atoms with Crippen molar-refractivity contribution in [2.24, 2.45) is 0 Å². The van der Waals surface area contributed by atoms with Gasteiger partial charge in [-0.2, -0.15) is 5.26 Å². The van der Waals surface area contributed by atoms with Crippen molar-refractivity contribution < 1.29 is 5.21 Å². The maximum atomic E-state index is 11.1. The Morgan fingerprint density at radius 2 is 1.74 bits per heavy atom. The van der Waals surface area contributed by atoms with Gasteiger partial charge in [0.2, 0.25) is 0 Å². The van der Waals surface area contributed by atoms with Crippen LogP contribution in [0.25, 0.3) is 11.6 Å². The first kappa shape index (κ1) is 12.8. The zero-order valence-electron chi connectivity index (χ0n) is 10.0. The molecular weight excluding hydrogens is 240 g/mol. The van der Waals surface area contributed by atoms with Crippen LogP contribution in [0.3, 0.4) is 0 Å². The Hall–Kier alpha value is -2.61. The molecule has 94 valence electrons. The Labute approximate surface area is 111 Å². The zero-order valence-corrected chi connectivity index (χ0v) is 10.0. The lowest BCUT2D eigenvalue weighted by molar-refractivity contribution is 0.296. The summed E-state index contributed by atoms with van der Waals surface area (Å²) in [5.74, 6) is 0. The molecule has 0 aromatic heterocycles. The Bertz CT molecular complexity index is 628. The van der Waals surface area contributed by atoms with Gasteiger partial charge < -0.3 is 10.4 Å². The molecule has 2 rings (SSSR count). The molecule has 0 amide bonds. The summed E-state index contributed by atoms with van der Waals surface area (Å²) in [5, 5.41) is 29.1. The zero-order chi connectivity index (χ0) is 13.7. The van der Waals surface area contributed by atoms with E-state index in [1.807, 2.05) is 36.4 Å². The predicted molar refractivity (Wildman–Crippen MR) is 74.0 cm³/mol. The number of anilines is 1. The van der Waals surface area contributed by atoms with Crippen LogP contribution in [0.5, 0.6) is 0 Å². The van der Waals surface area contributed by atoms with Gasteiger partial charge in [-0.05, 0) is 17.7 Å². The lowest BCUT2D eigenvalue weighted by Gasteiger charge is -2.24. The van der Waals surface area contributed by atoms with Gasteiger partial charge in [0, 0.05) is 5.56 Å². The van der Waals surface area contributed by atoms with Crippen molar-refractivity contribution in [3.8, 4) is 6.07 Å². The standard InChI is InChI=1S/C15H11N2O2/c16-11-13(10-12-6-2-1-3-7-12)14-8-4-5-9-15(14)17(18)19/h1-10,18H/q-1/b13-10+. The molecular formula is C15H11N2O2-. The average Bonchev–Trinajstić information content (AvgIpc) is 2.46. The summed E-state index contributed by atoms with van der Waals surface area (Å²) in [5.41, 5.74) is 1.61. The number of nitrogens with zero attached hydrogens (tertiary/aromatic N) is 2. The summed E-state index contributed by atoms with van der Waals surface area (Å²) < 4.78 is 0. The molecule has 0 aliphatic carbocycles. The minimum atomic E-state index is -0.231. The summed E-state index contributed by atoms with van der Waals surface area (Å²) in [6.07, 6.45) is 1.67. The van der Waals surface area contributed by atoms with Gasteiger partial charge in [0.05, 0.1) is 17.3 Å². The van der Waals surface area contributed by atoms with Gasteiger partial charge in [-0.3, -0.25) is 5.21 Å². The van der Waals surface area contributed by atoms with Crippen LogP contribution in [0.15, 0.2) is 54.6 Å². The SMILES string of the molecule is N#C/C(=C\c1ccccc1)c1ccccc1N([O-])O. The molecule has 19 heavy (non-hydrogen) atoms. The molecule has 0 radical (unpaired) electrons. The van der Waals surface area contributed by atoms with E-state index >= 15 is 0 Å². The van der Waals surface area contributed by atoms with Gasteiger partial charge in [-0.15, -0.1) is 0 Å². The molecule has 0 aliphatic heterocycles. The van der Waals surface area contributed by atoms with Crippen LogP contribution in [-0.2, 0) is 0 Å². The molecule has 4 nitrogen and oxygen atoms in total. The summed E-state index contributed by atoms with van der Waals surface area (Å²) >= 11 is 0. The second kappa shape index (κ2) is 5.83. The van der Waals surface area contributed by atoms with Crippen LogP contribution in [0.1, 0.15) is 11.1 Å². The molecule has 2 aromatic rings. The minimum absolute atomic E-state index is 0.0474. The van der Waals surface area contributed by atoms with Gasteiger partial charge in [-0.1, -0.05) is 48.5 Å². The van der Waals surface area contributed by atoms with Crippen LogP contribution in [0, 0.1) is 16.5 Å². The van der Waals surface area contributed by atoms with Crippen molar-refractivity contribution in [1.29, 1.82) is 5.26 Å². The van der Waals surface area contributed by atoms with Crippen LogP contribution < -0.4 is 5.23 Å². The smallest absolute Gasteiger partial charge is 0.0998 e. The molecule has 0 unspecified atom stereocenters. The second-order valence-electron chi connectivity index (χ2n) is 3.87. The highest BCUT2D eigenvalue weighted by Crippen LogP contribution is 2.27. The summed E-state index contributed by atoms with van der Waals surface area (Å²) in [6, 6.07) is 17.8. The lowest BCUT2D eigenvalue weighted by Crippen LogP contribution is -2.09. The summed E-state index contributed by atoms with van der Waals surface area (Å²) in [6.45, 7) is 0. The number of nitriles is 1. The molecule has 0 saturated heterocycles. The van der Waals surface area contributed by atoms with Crippen molar-refractivity contribution in [2.45, 2.75) is 0 Å². The second-order valence-corrected chi connectivity index (χ2v) is 3.87. The van der Waals surface area contributed by atoms with E-state index in [4.69, 9.17) is 5.21 Å². The highest BCUT2D eigenvalue weighted by atomic mass is 16.8. The molecule has 0 fully saturated rings. The van der Waals surface area contributed by atoms with Crippen LogP contribution in [0.2, 0.25) is 0 Å². The first-order chi connectivity index (χ1) is 9.22. The fourth-order valence-corrected chi connectivity index (χ4v) is 1.75. The van der Waals surface area contributed by atoms with Gasteiger partial charge in [0.15, 0.2) is 0 Å². The number of allylic oxidation sites excluding steroid dienone is 1. The van der Waals surface area contributed by atoms with E-state index in [2.05, 4.69) is 0 Å². The largest absolute Gasteiger partial charge is 0.733 e. The van der Waals surface area contributed by atoms with Gasteiger partial charge in [0.25, 0.3) is 0 Å². The maximum absolute atomic E-state index is 11.1. The summed E-state index contributed by atoms with van der Waals surface area (Å²) in [4.78, 5) is 0. The highest BCUT2D eigenvalue weighted by Gasteiger charge is 2.07. The summed E-state index contributed by atoms with van der Waals surface area (Å²) in [7, 11) is 0. The molecule has 2 aromatic carbocycles. The normalized spacial score (nSPS) is 10.9. The van der Waals surface area contributed by atoms with Gasteiger partial charge >= 0.3 is 0 Å². The molecule has 0 saturated carbocycles. The average molecular weight is 251 g/mol. The molecule has 0 aliphatic rings. The lowest BCUT2D eigenvalue weighted by atomic mass is 10.0. The van der Waals surface area contributed by atoms with E-state index in [9.17, 15) is 10.5 Å². The predicted octanol–water partition coefficient (Wildman–Crippen LogP) is 3.44. The van der Waals surface area contributed by atoms with E-state index in [0.29, 0.717) is 11.1 Å². The van der Waals surface area contributed by atoms with E-state index in [0.717, 1.165) is 5.56 Å². The topological polar surface area (TPSA) is 70.3 Å². The molecule has 0 bridgehead atoms. The Morgan fingerprint density at radius 1 is 1.11 bits per heavy atom. The fraction of sp³-hybridized carbons (Fsp3) is 0. The highest BCUT2D eigenvalue weighted by molar-refractivity contribution is 5.93. The first-order valence-electron chi connectivity index (χ1n) is 5.65. The van der Waals surface area contributed by atoms with E-state index in [1.165, 1.54) is 6.07 Å². The minimum Gasteiger partial charge on any atom is -0.733 e. The molecule has 0 spiro atoms. The molecule has 1 N–H and O–H groups in total. The third kappa shape index (κ3) is 2.99. The van der Waals surface area contributed by atoms with E-state index in [1.54, 1.807) is 24.3 Å². The fourth-order valence-electron chi connectivity index (χ4n) is 1.75.